The molecule has 0 aliphatic carbocycles. The first-order chi connectivity index (χ1) is 8.54. The molecule has 1 N–H and O–H groups in total. The Kier molecular flexibility index (Phi) is 3.23. The summed E-state index contributed by atoms with van der Waals surface area (Å²) in [5.74, 6) is 0.270. The third kappa shape index (κ3) is 2.03. The molecule has 2 unspecified atom stereocenters. The molecule has 0 bridgehead atoms. The average molecular weight is 248 g/mol. The fourth-order valence-electron chi connectivity index (χ4n) is 1.88. The van der Waals surface area contributed by atoms with Crippen molar-refractivity contribution in [1.29, 1.82) is 0 Å². The summed E-state index contributed by atoms with van der Waals surface area (Å²) >= 11 is 0. The quantitative estimate of drug-likeness (QED) is 0.867. The summed E-state index contributed by atoms with van der Waals surface area (Å²) in [6.07, 6.45) is 0. The first-order valence-corrected chi connectivity index (χ1v) is 5.83. The number of nitrogens with zero attached hydrogens (tertiary/aromatic N) is 1. The van der Waals surface area contributed by atoms with Gasteiger partial charge in [-0.2, -0.15) is 0 Å². The normalized spacial score (nSPS) is 23.8. The number of amides is 3. The van der Waals surface area contributed by atoms with E-state index in [1.54, 1.807) is 31.4 Å². The van der Waals surface area contributed by atoms with Gasteiger partial charge in [0.25, 0.3) is 0 Å². The number of carbonyl (C=O) groups excluding carboxylic acids is 2. The Labute approximate surface area is 106 Å². The molecule has 0 saturated carbocycles. The van der Waals surface area contributed by atoms with Crippen molar-refractivity contribution in [3.05, 3.63) is 24.3 Å². The zero-order valence-corrected chi connectivity index (χ0v) is 10.6. The first kappa shape index (κ1) is 12.4. The van der Waals surface area contributed by atoms with Gasteiger partial charge >= 0.3 is 6.03 Å². The highest BCUT2D eigenvalue weighted by molar-refractivity contribution is 6.16. The van der Waals surface area contributed by atoms with Crippen LogP contribution in [0.15, 0.2) is 24.3 Å². The number of methoxy groups -OCH3 is 1. The lowest BCUT2D eigenvalue weighted by atomic mass is 9.99. The summed E-state index contributed by atoms with van der Waals surface area (Å²) in [6, 6.07) is 6.31. The maximum absolute atomic E-state index is 12.1. The summed E-state index contributed by atoms with van der Waals surface area (Å²) in [4.78, 5) is 25.2. The van der Waals surface area contributed by atoms with Crippen LogP contribution in [0.5, 0.6) is 5.75 Å². The van der Waals surface area contributed by atoms with Gasteiger partial charge in [-0.25, -0.2) is 9.69 Å². The molecular weight excluding hydrogens is 232 g/mol. The zero-order valence-electron chi connectivity index (χ0n) is 10.6. The Bertz CT molecular complexity index is 470. The number of anilines is 1. The Hall–Kier alpha value is -2.04. The number of rotatable bonds is 2. The molecule has 1 aliphatic heterocycles. The molecule has 1 heterocycles. The smallest absolute Gasteiger partial charge is 0.328 e. The molecular formula is C13H16N2O3. The van der Waals surface area contributed by atoms with Crippen LogP contribution in [0.4, 0.5) is 10.5 Å². The highest BCUT2D eigenvalue weighted by atomic mass is 16.5. The minimum atomic E-state index is -0.379. The molecule has 1 fully saturated rings. The van der Waals surface area contributed by atoms with Crippen LogP contribution in [0.3, 0.4) is 0 Å². The molecule has 1 aromatic rings. The van der Waals surface area contributed by atoms with Gasteiger partial charge in [-0.3, -0.25) is 4.79 Å². The molecule has 3 amide bonds. The zero-order chi connectivity index (χ0) is 13.3. The van der Waals surface area contributed by atoms with Gasteiger partial charge in [0.1, 0.15) is 5.75 Å². The van der Waals surface area contributed by atoms with Crippen molar-refractivity contribution in [2.24, 2.45) is 5.92 Å². The summed E-state index contributed by atoms with van der Waals surface area (Å²) in [7, 11) is 1.57. The molecule has 0 aromatic heterocycles. The van der Waals surface area contributed by atoms with Crippen LogP contribution in [-0.4, -0.2) is 25.1 Å². The monoisotopic (exact) mass is 248 g/mol. The second kappa shape index (κ2) is 4.68. The Morgan fingerprint density at radius 1 is 1.17 bits per heavy atom. The standard InChI is InChI=1S/C13H16N2O3/c1-8-9(2)14-13(17)15(12(8)16)10-4-6-11(18-3)7-5-10/h4-9H,1-3H3,(H,14,17). The third-order valence-corrected chi connectivity index (χ3v) is 3.24. The number of carbonyl (C=O) groups is 2. The summed E-state index contributed by atoms with van der Waals surface area (Å²) in [6.45, 7) is 3.63. The van der Waals surface area contributed by atoms with Crippen molar-refractivity contribution in [2.45, 2.75) is 19.9 Å². The second-order valence-corrected chi connectivity index (χ2v) is 4.40. The van der Waals surface area contributed by atoms with Gasteiger partial charge in [-0.15, -0.1) is 0 Å². The molecule has 5 nitrogen and oxygen atoms in total. The molecule has 18 heavy (non-hydrogen) atoms. The number of urea groups is 1. The summed E-state index contributed by atoms with van der Waals surface area (Å²) in [5, 5.41) is 2.77. The van der Waals surface area contributed by atoms with Crippen LogP contribution in [0.25, 0.3) is 0 Å². The molecule has 5 heteroatoms. The van der Waals surface area contributed by atoms with Gasteiger partial charge in [-0.05, 0) is 31.2 Å². The molecule has 2 rings (SSSR count). The van der Waals surface area contributed by atoms with Crippen molar-refractivity contribution in [3.63, 3.8) is 0 Å². The predicted octanol–water partition coefficient (Wildman–Crippen LogP) is 1.78. The highest BCUT2D eigenvalue weighted by Crippen LogP contribution is 2.24. The van der Waals surface area contributed by atoms with E-state index in [9.17, 15) is 9.59 Å². The number of hydrogen-bond acceptors (Lipinski definition) is 3. The number of nitrogens with one attached hydrogen (secondary N) is 1. The lowest BCUT2D eigenvalue weighted by Gasteiger charge is -2.34. The minimum absolute atomic E-state index is 0.139. The molecule has 0 radical (unpaired) electrons. The van der Waals surface area contributed by atoms with E-state index in [4.69, 9.17) is 4.74 Å². The van der Waals surface area contributed by atoms with Crippen molar-refractivity contribution in [1.82, 2.24) is 5.32 Å². The number of benzene rings is 1. The fraction of sp³-hybridized carbons (Fsp3) is 0.385. The van der Waals surface area contributed by atoms with E-state index in [-0.39, 0.29) is 23.9 Å². The molecule has 1 saturated heterocycles. The molecule has 2 atom stereocenters. The van der Waals surface area contributed by atoms with Gasteiger partial charge in [0.15, 0.2) is 0 Å². The van der Waals surface area contributed by atoms with E-state index in [0.29, 0.717) is 11.4 Å². The van der Waals surface area contributed by atoms with Gasteiger partial charge in [0, 0.05) is 6.04 Å². The van der Waals surface area contributed by atoms with Crippen molar-refractivity contribution in [2.75, 3.05) is 12.0 Å². The van der Waals surface area contributed by atoms with Gasteiger partial charge in [-0.1, -0.05) is 6.92 Å². The van der Waals surface area contributed by atoms with Crippen molar-refractivity contribution < 1.29 is 14.3 Å². The lowest BCUT2D eigenvalue weighted by molar-refractivity contribution is -0.122. The topological polar surface area (TPSA) is 58.6 Å². The summed E-state index contributed by atoms with van der Waals surface area (Å²) < 4.78 is 5.04. The van der Waals surface area contributed by atoms with E-state index in [1.807, 2.05) is 13.8 Å². The maximum atomic E-state index is 12.1. The van der Waals surface area contributed by atoms with E-state index in [1.165, 1.54) is 4.90 Å². The number of hydrogen-bond donors (Lipinski definition) is 1. The third-order valence-electron chi connectivity index (χ3n) is 3.24. The second-order valence-electron chi connectivity index (χ2n) is 4.40. The summed E-state index contributed by atoms with van der Waals surface area (Å²) in [5.41, 5.74) is 0.553. The minimum Gasteiger partial charge on any atom is -0.497 e. The Balaban J connectivity index is 2.30. The molecule has 96 valence electrons. The Morgan fingerprint density at radius 3 is 2.33 bits per heavy atom. The van der Waals surface area contributed by atoms with Crippen molar-refractivity contribution in [3.8, 4) is 5.75 Å². The highest BCUT2D eigenvalue weighted by Gasteiger charge is 2.36. The van der Waals surface area contributed by atoms with Crippen molar-refractivity contribution >= 4 is 17.6 Å². The van der Waals surface area contributed by atoms with Crippen LogP contribution in [0, 0.1) is 5.92 Å². The van der Waals surface area contributed by atoms with Crippen LogP contribution >= 0.6 is 0 Å². The molecule has 0 spiro atoms. The lowest BCUT2D eigenvalue weighted by Crippen LogP contribution is -2.58. The van der Waals surface area contributed by atoms with E-state index in [2.05, 4.69) is 5.32 Å². The van der Waals surface area contributed by atoms with Crippen LogP contribution in [-0.2, 0) is 4.79 Å². The number of ether oxygens (including phenoxy) is 1. The molecule has 1 aliphatic rings. The van der Waals surface area contributed by atoms with Crippen LogP contribution in [0.1, 0.15) is 13.8 Å². The van der Waals surface area contributed by atoms with Crippen LogP contribution in [0.2, 0.25) is 0 Å². The van der Waals surface area contributed by atoms with Gasteiger partial charge < -0.3 is 10.1 Å². The van der Waals surface area contributed by atoms with E-state index < -0.39 is 0 Å². The van der Waals surface area contributed by atoms with Crippen LogP contribution < -0.4 is 15.0 Å². The molecule has 1 aromatic carbocycles. The SMILES string of the molecule is COc1ccc(N2C(=O)NC(C)C(C)C2=O)cc1. The van der Waals surface area contributed by atoms with Gasteiger partial charge in [0.05, 0.1) is 18.7 Å². The van der Waals surface area contributed by atoms with E-state index in [0.717, 1.165) is 0 Å². The predicted molar refractivity (Wildman–Crippen MR) is 67.6 cm³/mol. The Morgan fingerprint density at radius 2 is 1.78 bits per heavy atom. The van der Waals surface area contributed by atoms with E-state index >= 15 is 0 Å². The average Bonchev–Trinajstić information content (AvgIpc) is 2.37. The fourth-order valence-corrected chi connectivity index (χ4v) is 1.88. The number of imide groups is 1. The maximum Gasteiger partial charge on any atom is 0.328 e. The first-order valence-electron chi connectivity index (χ1n) is 5.83. The largest absolute Gasteiger partial charge is 0.497 e. The van der Waals surface area contributed by atoms with Gasteiger partial charge in [0.2, 0.25) is 5.91 Å².